The van der Waals surface area contributed by atoms with Gasteiger partial charge in [0.15, 0.2) is 0 Å². The van der Waals surface area contributed by atoms with E-state index in [2.05, 4.69) is 10.3 Å². The van der Waals surface area contributed by atoms with Crippen molar-refractivity contribution in [2.75, 3.05) is 19.8 Å². The molecule has 6 heteroatoms. The van der Waals surface area contributed by atoms with Crippen molar-refractivity contribution in [1.82, 2.24) is 10.3 Å². The Morgan fingerprint density at radius 2 is 2.30 bits per heavy atom. The van der Waals surface area contributed by atoms with Crippen LogP contribution in [-0.2, 0) is 10.9 Å². The van der Waals surface area contributed by atoms with Crippen LogP contribution in [0.4, 0.5) is 13.2 Å². The summed E-state index contributed by atoms with van der Waals surface area (Å²) in [6, 6.07) is 0.675. The molecule has 0 bridgehead atoms. The van der Waals surface area contributed by atoms with Crippen molar-refractivity contribution in [2.24, 2.45) is 5.92 Å². The second-order valence-corrected chi connectivity index (χ2v) is 4.97. The molecule has 1 aliphatic rings. The van der Waals surface area contributed by atoms with E-state index in [9.17, 15) is 13.2 Å². The zero-order valence-corrected chi connectivity index (χ0v) is 11.4. The van der Waals surface area contributed by atoms with Gasteiger partial charge in [-0.25, -0.2) is 0 Å². The van der Waals surface area contributed by atoms with Crippen molar-refractivity contribution in [1.29, 1.82) is 0 Å². The summed E-state index contributed by atoms with van der Waals surface area (Å²) >= 11 is 0. The molecule has 20 heavy (non-hydrogen) atoms. The Balaban J connectivity index is 2.33. The van der Waals surface area contributed by atoms with Gasteiger partial charge in [0.1, 0.15) is 0 Å². The molecule has 2 rings (SSSR count). The predicted molar refractivity (Wildman–Crippen MR) is 69.2 cm³/mol. The van der Waals surface area contributed by atoms with Gasteiger partial charge in [0.05, 0.1) is 12.2 Å². The molecule has 1 aromatic heterocycles. The van der Waals surface area contributed by atoms with Gasteiger partial charge in [0, 0.05) is 31.0 Å². The van der Waals surface area contributed by atoms with E-state index in [0.717, 1.165) is 18.9 Å². The van der Waals surface area contributed by atoms with Crippen molar-refractivity contribution in [2.45, 2.75) is 32.0 Å². The van der Waals surface area contributed by atoms with Crippen molar-refractivity contribution in [3.8, 4) is 0 Å². The smallest absolute Gasteiger partial charge is 0.381 e. The maximum absolute atomic E-state index is 13.1. The zero-order valence-electron chi connectivity index (χ0n) is 11.4. The molecule has 1 aromatic rings. The minimum Gasteiger partial charge on any atom is -0.381 e. The maximum Gasteiger partial charge on any atom is 0.416 e. The Hall–Kier alpha value is -1.14. The van der Waals surface area contributed by atoms with Gasteiger partial charge in [-0.05, 0) is 31.0 Å². The highest BCUT2D eigenvalue weighted by Gasteiger charge is 2.37. The molecule has 0 spiro atoms. The van der Waals surface area contributed by atoms with Gasteiger partial charge < -0.3 is 10.1 Å². The molecule has 0 amide bonds. The zero-order chi connectivity index (χ0) is 14.6. The standard InChI is InChI=1S/C14H19F3N2O/c1-2-19-13(10-4-3-7-20-9-10)11-8-18-6-5-12(11)14(15,16)17/h5-6,8,10,13,19H,2-4,7,9H2,1H3. The normalized spacial score (nSPS) is 21.7. The van der Waals surface area contributed by atoms with Gasteiger partial charge in [0.25, 0.3) is 0 Å². The first-order chi connectivity index (χ1) is 9.54. The minimum absolute atomic E-state index is 0.0500. The van der Waals surface area contributed by atoms with E-state index >= 15 is 0 Å². The summed E-state index contributed by atoms with van der Waals surface area (Å²) in [5, 5.41) is 3.16. The summed E-state index contributed by atoms with van der Waals surface area (Å²) < 4.78 is 44.8. The lowest BCUT2D eigenvalue weighted by Crippen LogP contribution is -2.34. The number of hydrogen-bond donors (Lipinski definition) is 1. The Kier molecular flexibility index (Phi) is 4.99. The molecule has 0 aromatic carbocycles. The fraction of sp³-hybridized carbons (Fsp3) is 0.643. The van der Waals surface area contributed by atoms with Gasteiger partial charge in [-0.1, -0.05) is 6.92 Å². The number of aromatic nitrogens is 1. The third kappa shape index (κ3) is 3.49. The third-order valence-corrected chi connectivity index (χ3v) is 3.58. The van der Waals surface area contributed by atoms with Gasteiger partial charge in [-0.3, -0.25) is 4.98 Å². The van der Waals surface area contributed by atoms with Crippen LogP contribution in [0.2, 0.25) is 0 Å². The number of nitrogens with one attached hydrogen (secondary N) is 1. The van der Waals surface area contributed by atoms with Gasteiger partial charge in [0.2, 0.25) is 0 Å². The number of rotatable bonds is 4. The fourth-order valence-corrected chi connectivity index (χ4v) is 2.69. The van der Waals surface area contributed by atoms with Crippen LogP contribution in [0.3, 0.4) is 0 Å². The summed E-state index contributed by atoms with van der Waals surface area (Å²) in [7, 11) is 0. The number of nitrogens with zero attached hydrogens (tertiary/aromatic N) is 1. The molecule has 1 fully saturated rings. The Morgan fingerprint density at radius 3 is 2.90 bits per heavy atom. The largest absolute Gasteiger partial charge is 0.416 e. The van der Waals surface area contributed by atoms with Crippen LogP contribution in [0.1, 0.15) is 36.9 Å². The summed E-state index contributed by atoms with van der Waals surface area (Å²) in [6.07, 6.45) is -0.100. The highest BCUT2D eigenvalue weighted by Crippen LogP contribution is 2.37. The average Bonchev–Trinajstić information content (AvgIpc) is 2.45. The van der Waals surface area contributed by atoms with Gasteiger partial charge in [-0.2, -0.15) is 13.2 Å². The molecular weight excluding hydrogens is 269 g/mol. The van der Waals surface area contributed by atoms with Crippen LogP contribution in [-0.4, -0.2) is 24.7 Å². The SMILES string of the molecule is CCNC(c1cnccc1C(F)(F)F)C1CCCOC1. The van der Waals surface area contributed by atoms with Crippen LogP contribution in [0, 0.1) is 5.92 Å². The quantitative estimate of drug-likeness (QED) is 0.924. The van der Waals surface area contributed by atoms with E-state index in [-0.39, 0.29) is 17.5 Å². The van der Waals surface area contributed by atoms with Gasteiger partial charge in [-0.15, -0.1) is 0 Å². The summed E-state index contributed by atoms with van der Waals surface area (Å²) in [5.41, 5.74) is -0.388. The summed E-state index contributed by atoms with van der Waals surface area (Å²) in [4.78, 5) is 3.88. The van der Waals surface area contributed by atoms with Crippen molar-refractivity contribution in [3.63, 3.8) is 0 Å². The Morgan fingerprint density at radius 1 is 1.50 bits per heavy atom. The molecule has 0 saturated carbocycles. The first-order valence-corrected chi connectivity index (χ1v) is 6.86. The lowest BCUT2D eigenvalue weighted by molar-refractivity contribution is -0.138. The molecule has 2 atom stereocenters. The number of hydrogen-bond acceptors (Lipinski definition) is 3. The van der Waals surface area contributed by atoms with Crippen LogP contribution in [0.15, 0.2) is 18.5 Å². The Bertz CT molecular complexity index is 431. The van der Waals surface area contributed by atoms with E-state index in [4.69, 9.17) is 4.74 Å². The monoisotopic (exact) mass is 288 g/mol. The van der Waals surface area contributed by atoms with Crippen molar-refractivity contribution >= 4 is 0 Å². The number of pyridine rings is 1. The van der Waals surface area contributed by atoms with Crippen molar-refractivity contribution < 1.29 is 17.9 Å². The van der Waals surface area contributed by atoms with Crippen LogP contribution < -0.4 is 5.32 Å². The third-order valence-electron chi connectivity index (χ3n) is 3.58. The highest BCUT2D eigenvalue weighted by atomic mass is 19.4. The van der Waals surface area contributed by atoms with Gasteiger partial charge >= 0.3 is 6.18 Å². The first kappa shape index (κ1) is 15.3. The molecule has 0 radical (unpaired) electrons. The van der Waals surface area contributed by atoms with Crippen LogP contribution in [0.5, 0.6) is 0 Å². The highest BCUT2D eigenvalue weighted by molar-refractivity contribution is 5.30. The summed E-state index contributed by atoms with van der Waals surface area (Å²) in [5.74, 6) is 0.0500. The molecule has 0 aliphatic carbocycles. The Labute approximate surface area is 116 Å². The molecule has 1 saturated heterocycles. The van der Waals surface area contributed by atoms with E-state index in [0.29, 0.717) is 19.8 Å². The second kappa shape index (κ2) is 6.54. The van der Waals surface area contributed by atoms with Crippen LogP contribution in [0.25, 0.3) is 0 Å². The van der Waals surface area contributed by atoms with Crippen molar-refractivity contribution in [3.05, 3.63) is 29.6 Å². The van der Waals surface area contributed by atoms with E-state index < -0.39 is 11.7 Å². The number of alkyl halides is 3. The first-order valence-electron chi connectivity index (χ1n) is 6.86. The van der Waals surface area contributed by atoms with Crippen LogP contribution >= 0.6 is 0 Å². The topological polar surface area (TPSA) is 34.2 Å². The minimum atomic E-state index is -4.36. The molecule has 2 heterocycles. The number of ether oxygens (including phenoxy) is 1. The van der Waals surface area contributed by atoms with E-state index in [1.807, 2.05) is 6.92 Å². The summed E-state index contributed by atoms with van der Waals surface area (Å²) in [6.45, 7) is 3.67. The molecule has 3 nitrogen and oxygen atoms in total. The molecule has 1 aliphatic heterocycles. The van der Waals surface area contributed by atoms with E-state index in [1.54, 1.807) is 0 Å². The molecule has 112 valence electrons. The van der Waals surface area contributed by atoms with E-state index in [1.165, 1.54) is 12.4 Å². The fourth-order valence-electron chi connectivity index (χ4n) is 2.69. The second-order valence-electron chi connectivity index (χ2n) is 4.97. The molecular formula is C14H19F3N2O. The predicted octanol–water partition coefficient (Wildman–Crippen LogP) is 3.18. The number of halogens is 3. The average molecular weight is 288 g/mol. The molecule has 2 unspecified atom stereocenters. The lowest BCUT2D eigenvalue weighted by Gasteiger charge is -2.32. The molecule has 1 N–H and O–H groups in total. The maximum atomic E-state index is 13.1. The lowest BCUT2D eigenvalue weighted by atomic mass is 9.87.